The van der Waals surface area contributed by atoms with Crippen molar-refractivity contribution >= 4 is 17.5 Å². The highest BCUT2D eigenvalue weighted by molar-refractivity contribution is 6.30. The zero-order chi connectivity index (χ0) is 17.9. The van der Waals surface area contributed by atoms with E-state index in [1.54, 1.807) is 24.5 Å². The van der Waals surface area contributed by atoms with Gasteiger partial charge in [0, 0.05) is 28.7 Å². The van der Waals surface area contributed by atoms with Crippen molar-refractivity contribution in [3.63, 3.8) is 0 Å². The van der Waals surface area contributed by atoms with E-state index >= 15 is 0 Å². The van der Waals surface area contributed by atoms with E-state index in [1.807, 2.05) is 35.1 Å². The second-order valence-corrected chi connectivity index (χ2v) is 6.93. The molecule has 1 aliphatic rings. The van der Waals surface area contributed by atoms with Gasteiger partial charge in [0.15, 0.2) is 0 Å². The van der Waals surface area contributed by atoms with Gasteiger partial charge < -0.3 is 5.32 Å². The van der Waals surface area contributed by atoms with Crippen molar-refractivity contribution in [3.8, 4) is 0 Å². The van der Waals surface area contributed by atoms with E-state index in [1.165, 1.54) is 5.69 Å². The molecule has 6 heteroatoms. The van der Waals surface area contributed by atoms with Gasteiger partial charge in [-0.25, -0.2) is 0 Å². The van der Waals surface area contributed by atoms with Crippen LogP contribution in [0.5, 0.6) is 0 Å². The molecule has 0 unspecified atom stereocenters. The van der Waals surface area contributed by atoms with Gasteiger partial charge in [0.25, 0.3) is 5.91 Å². The minimum absolute atomic E-state index is 0.00887. The molecule has 2 heterocycles. The van der Waals surface area contributed by atoms with Gasteiger partial charge in [-0.15, -0.1) is 0 Å². The van der Waals surface area contributed by atoms with E-state index in [0.717, 1.165) is 35.4 Å². The molecule has 5 nitrogen and oxygen atoms in total. The second-order valence-electron chi connectivity index (χ2n) is 6.49. The second kappa shape index (κ2) is 7.30. The topological polar surface area (TPSA) is 59.8 Å². The normalized spacial score (nSPS) is 16.1. The standard InChI is InChI=1S/C20H19ClN4O/c21-16-8-6-14(7-9-16)13-25-19-5-1-4-18(17(19)12-23-25)24-20(26)15-3-2-10-22-11-15/h2-3,6-12,18H,1,4-5,13H2,(H,24,26)/t18-/m0/s1. The molecule has 0 spiro atoms. The molecule has 26 heavy (non-hydrogen) atoms. The van der Waals surface area contributed by atoms with Crippen LogP contribution in [-0.2, 0) is 13.0 Å². The lowest BCUT2D eigenvalue weighted by Crippen LogP contribution is -2.31. The number of pyridine rings is 1. The first kappa shape index (κ1) is 16.8. The predicted octanol–water partition coefficient (Wildman–Crippen LogP) is 3.79. The number of carbonyl (C=O) groups excluding carboxylic acids is 1. The van der Waals surface area contributed by atoms with Crippen molar-refractivity contribution in [1.82, 2.24) is 20.1 Å². The lowest BCUT2D eigenvalue weighted by Gasteiger charge is -2.24. The Kier molecular flexibility index (Phi) is 4.71. The quantitative estimate of drug-likeness (QED) is 0.764. The van der Waals surface area contributed by atoms with Gasteiger partial charge in [-0.1, -0.05) is 23.7 Å². The molecule has 1 amide bonds. The van der Waals surface area contributed by atoms with Crippen molar-refractivity contribution < 1.29 is 4.79 Å². The largest absolute Gasteiger partial charge is 0.345 e. The molecule has 0 saturated carbocycles. The highest BCUT2D eigenvalue weighted by Crippen LogP contribution is 2.30. The molecular weight excluding hydrogens is 348 g/mol. The molecule has 1 aromatic carbocycles. The van der Waals surface area contributed by atoms with Crippen LogP contribution in [0.2, 0.25) is 5.02 Å². The highest BCUT2D eigenvalue weighted by atomic mass is 35.5. The number of amides is 1. The number of carbonyl (C=O) groups is 1. The molecule has 0 saturated heterocycles. The molecule has 0 aliphatic heterocycles. The first-order valence-corrected chi connectivity index (χ1v) is 9.08. The molecule has 3 aromatic rings. The fraction of sp³-hybridized carbons (Fsp3) is 0.250. The van der Waals surface area contributed by atoms with Crippen LogP contribution in [0.3, 0.4) is 0 Å². The summed E-state index contributed by atoms with van der Waals surface area (Å²) < 4.78 is 2.03. The predicted molar refractivity (Wildman–Crippen MR) is 100 cm³/mol. The Bertz CT molecular complexity index is 905. The third kappa shape index (κ3) is 3.48. The number of nitrogens with zero attached hydrogens (tertiary/aromatic N) is 3. The molecule has 2 aromatic heterocycles. The summed E-state index contributed by atoms with van der Waals surface area (Å²) in [6.45, 7) is 0.704. The van der Waals surface area contributed by atoms with Gasteiger partial charge in [0.2, 0.25) is 0 Å². The molecule has 132 valence electrons. The highest BCUT2D eigenvalue weighted by Gasteiger charge is 2.26. The molecule has 0 fully saturated rings. The monoisotopic (exact) mass is 366 g/mol. The van der Waals surface area contributed by atoms with Crippen LogP contribution < -0.4 is 5.32 Å². The Balaban J connectivity index is 1.53. The molecule has 1 aliphatic carbocycles. The van der Waals surface area contributed by atoms with Gasteiger partial charge >= 0.3 is 0 Å². The summed E-state index contributed by atoms with van der Waals surface area (Å²) in [5.74, 6) is -0.0959. The fourth-order valence-corrected chi connectivity index (χ4v) is 3.53. The van der Waals surface area contributed by atoms with Crippen molar-refractivity contribution in [3.05, 3.63) is 82.4 Å². The lowest BCUT2D eigenvalue weighted by molar-refractivity contribution is 0.0932. The smallest absolute Gasteiger partial charge is 0.253 e. The Labute approximate surface area is 157 Å². The third-order valence-electron chi connectivity index (χ3n) is 4.74. The summed E-state index contributed by atoms with van der Waals surface area (Å²) in [5.41, 5.74) is 4.04. The van der Waals surface area contributed by atoms with E-state index < -0.39 is 0 Å². The number of hydrogen-bond donors (Lipinski definition) is 1. The Hall–Kier alpha value is -2.66. The van der Waals surface area contributed by atoms with Gasteiger partial charge in [0.05, 0.1) is 24.3 Å². The van der Waals surface area contributed by atoms with Gasteiger partial charge in [-0.2, -0.15) is 5.10 Å². The fourth-order valence-electron chi connectivity index (χ4n) is 3.41. The molecule has 0 radical (unpaired) electrons. The van der Waals surface area contributed by atoms with E-state index in [9.17, 15) is 4.79 Å². The average Bonchev–Trinajstić information content (AvgIpc) is 3.08. The van der Waals surface area contributed by atoms with Crippen LogP contribution in [0.4, 0.5) is 0 Å². The molecule has 1 N–H and O–H groups in total. The number of fused-ring (bicyclic) bond motifs is 1. The maximum atomic E-state index is 12.5. The van der Waals surface area contributed by atoms with E-state index in [-0.39, 0.29) is 11.9 Å². The minimum atomic E-state index is -0.0959. The zero-order valence-corrected chi connectivity index (χ0v) is 15.0. The van der Waals surface area contributed by atoms with Gasteiger partial charge in [-0.3, -0.25) is 14.5 Å². The summed E-state index contributed by atoms with van der Waals surface area (Å²) in [5, 5.41) is 8.42. The van der Waals surface area contributed by atoms with E-state index in [4.69, 9.17) is 11.6 Å². The Morgan fingerprint density at radius 2 is 2.08 bits per heavy atom. The van der Waals surface area contributed by atoms with Crippen molar-refractivity contribution in [2.24, 2.45) is 0 Å². The summed E-state index contributed by atoms with van der Waals surface area (Å²) in [6.07, 6.45) is 8.06. The number of hydrogen-bond acceptors (Lipinski definition) is 3. The maximum absolute atomic E-state index is 12.5. The number of nitrogens with one attached hydrogen (secondary N) is 1. The summed E-state index contributed by atoms with van der Waals surface area (Å²) in [7, 11) is 0. The van der Waals surface area contributed by atoms with Crippen LogP contribution in [-0.4, -0.2) is 20.7 Å². The third-order valence-corrected chi connectivity index (χ3v) is 4.99. The zero-order valence-electron chi connectivity index (χ0n) is 14.2. The van der Waals surface area contributed by atoms with Crippen LogP contribution in [0.1, 0.15) is 46.1 Å². The molecular formula is C20H19ClN4O. The van der Waals surface area contributed by atoms with E-state index in [2.05, 4.69) is 15.4 Å². The van der Waals surface area contributed by atoms with Crippen LogP contribution in [0.25, 0.3) is 0 Å². The summed E-state index contributed by atoms with van der Waals surface area (Å²) >= 11 is 5.96. The molecule has 0 bridgehead atoms. The van der Waals surface area contributed by atoms with Crippen LogP contribution in [0, 0.1) is 0 Å². The number of aromatic nitrogens is 3. The molecule has 1 atom stereocenters. The van der Waals surface area contributed by atoms with Gasteiger partial charge in [-0.05, 0) is 49.1 Å². The lowest BCUT2D eigenvalue weighted by atomic mass is 9.92. The maximum Gasteiger partial charge on any atom is 0.253 e. The summed E-state index contributed by atoms with van der Waals surface area (Å²) in [6, 6.07) is 11.3. The van der Waals surface area contributed by atoms with E-state index in [0.29, 0.717) is 12.1 Å². The Morgan fingerprint density at radius 3 is 2.85 bits per heavy atom. The Morgan fingerprint density at radius 1 is 1.23 bits per heavy atom. The van der Waals surface area contributed by atoms with Crippen LogP contribution >= 0.6 is 11.6 Å². The van der Waals surface area contributed by atoms with Crippen LogP contribution in [0.15, 0.2) is 55.0 Å². The number of benzene rings is 1. The first-order valence-electron chi connectivity index (χ1n) is 8.70. The van der Waals surface area contributed by atoms with Crippen molar-refractivity contribution in [2.75, 3.05) is 0 Å². The van der Waals surface area contributed by atoms with Gasteiger partial charge in [0.1, 0.15) is 0 Å². The summed E-state index contributed by atoms with van der Waals surface area (Å²) in [4.78, 5) is 16.5. The van der Waals surface area contributed by atoms with Crippen molar-refractivity contribution in [1.29, 1.82) is 0 Å². The number of halogens is 1. The minimum Gasteiger partial charge on any atom is -0.345 e. The number of rotatable bonds is 4. The average molecular weight is 367 g/mol. The SMILES string of the molecule is O=C(N[C@H]1CCCc2c1cnn2Cc1ccc(Cl)cc1)c1cccnc1. The molecule has 4 rings (SSSR count). The van der Waals surface area contributed by atoms with Crippen molar-refractivity contribution in [2.45, 2.75) is 31.8 Å². The first-order chi connectivity index (χ1) is 12.7.